The molecule has 2 aromatic rings. The molecule has 2 fully saturated rings. The van der Waals surface area contributed by atoms with E-state index in [0.717, 1.165) is 6.54 Å². The van der Waals surface area contributed by atoms with Crippen molar-refractivity contribution in [2.24, 2.45) is 5.41 Å². The summed E-state index contributed by atoms with van der Waals surface area (Å²) in [4.78, 5) is 9.57. The molecular weight excluding hydrogens is 318 g/mol. The van der Waals surface area contributed by atoms with Crippen LogP contribution in [-0.4, -0.2) is 47.5 Å². The second-order valence-corrected chi connectivity index (χ2v) is 8.28. The molecule has 2 aliphatic rings. The van der Waals surface area contributed by atoms with Gasteiger partial charge < -0.3 is 4.90 Å². The maximum atomic E-state index is 4.26. The first kappa shape index (κ1) is 17.7. The first-order valence-corrected chi connectivity index (χ1v) is 10.1. The summed E-state index contributed by atoms with van der Waals surface area (Å²) in [5.74, 6) is 0.690. The number of aromatic nitrogens is 1. The lowest BCUT2D eigenvalue weighted by Crippen LogP contribution is -2.51. The average Bonchev–Trinajstić information content (AvgIpc) is 2.71. The molecule has 0 radical (unpaired) electrons. The fourth-order valence-electron chi connectivity index (χ4n) is 4.99. The first-order chi connectivity index (χ1) is 12.8. The SMILES string of the molecule is CCN1C[C@H](c2ccccc2)CC2(CCN(Cc3cccnc3)CC2)C1. The minimum atomic E-state index is 0.500. The van der Waals surface area contributed by atoms with Crippen LogP contribution in [0.2, 0.25) is 0 Å². The van der Waals surface area contributed by atoms with Gasteiger partial charge in [-0.15, -0.1) is 0 Å². The highest BCUT2D eigenvalue weighted by Crippen LogP contribution is 2.45. The molecule has 1 spiro atoms. The molecule has 0 bridgehead atoms. The van der Waals surface area contributed by atoms with Crippen molar-refractivity contribution in [3.63, 3.8) is 0 Å². The van der Waals surface area contributed by atoms with E-state index in [9.17, 15) is 0 Å². The van der Waals surface area contributed by atoms with Gasteiger partial charge in [-0.3, -0.25) is 9.88 Å². The number of hydrogen-bond acceptors (Lipinski definition) is 3. The molecule has 138 valence electrons. The van der Waals surface area contributed by atoms with E-state index in [4.69, 9.17) is 0 Å². The average molecular weight is 350 g/mol. The van der Waals surface area contributed by atoms with Crippen molar-refractivity contribution >= 4 is 0 Å². The number of likely N-dealkylation sites (tertiary alicyclic amines) is 2. The number of likely N-dealkylation sites (N-methyl/N-ethyl adjacent to an activating group) is 1. The highest BCUT2D eigenvalue weighted by atomic mass is 15.2. The molecule has 2 aliphatic heterocycles. The van der Waals surface area contributed by atoms with Crippen molar-refractivity contribution in [1.29, 1.82) is 0 Å². The third kappa shape index (κ3) is 3.99. The summed E-state index contributed by atoms with van der Waals surface area (Å²) in [6.45, 7) is 9.48. The van der Waals surface area contributed by atoms with Gasteiger partial charge in [-0.2, -0.15) is 0 Å². The Morgan fingerprint density at radius 1 is 1.04 bits per heavy atom. The molecule has 1 atom stereocenters. The molecule has 0 N–H and O–H groups in total. The molecular formula is C23H31N3. The molecule has 3 heterocycles. The molecule has 3 heteroatoms. The van der Waals surface area contributed by atoms with Crippen LogP contribution in [0, 0.1) is 5.41 Å². The van der Waals surface area contributed by atoms with Gasteiger partial charge in [0.25, 0.3) is 0 Å². The summed E-state index contributed by atoms with van der Waals surface area (Å²) in [6.07, 6.45) is 7.88. The summed E-state index contributed by atoms with van der Waals surface area (Å²) in [5, 5.41) is 0. The Hall–Kier alpha value is -1.71. The minimum absolute atomic E-state index is 0.500. The number of pyridine rings is 1. The van der Waals surface area contributed by atoms with Crippen molar-refractivity contribution in [3.05, 3.63) is 66.0 Å². The van der Waals surface area contributed by atoms with Gasteiger partial charge in [0.2, 0.25) is 0 Å². The zero-order chi connectivity index (χ0) is 17.8. The zero-order valence-corrected chi connectivity index (χ0v) is 16.0. The second-order valence-electron chi connectivity index (χ2n) is 8.28. The Labute approximate surface area is 158 Å². The standard InChI is InChI=1S/C23H31N3/c1-2-25-18-22(21-8-4-3-5-9-21)15-23(19-25)10-13-26(14-11-23)17-20-7-6-12-24-16-20/h3-9,12,16,22H,2,10-11,13-15,17-19H2,1H3/t22-/m1/s1. The van der Waals surface area contributed by atoms with Gasteiger partial charge in [-0.1, -0.05) is 43.3 Å². The number of piperidine rings is 2. The number of nitrogens with zero attached hydrogens (tertiary/aromatic N) is 3. The summed E-state index contributed by atoms with van der Waals surface area (Å²) in [5.41, 5.74) is 3.37. The van der Waals surface area contributed by atoms with E-state index in [2.05, 4.69) is 58.1 Å². The van der Waals surface area contributed by atoms with Crippen LogP contribution in [0.4, 0.5) is 0 Å². The molecule has 1 aromatic heterocycles. The van der Waals surface area contributed by atoms with Gasteiger partial charge >= 0.3 is 0 Å². The van der Waals surface area contributed by atoms with Crippen molar-refractivity contribution in [2.45, 2.75) is 38.6 Å². The van der Waals surface area contributed by atoms with Gasteiger partial charge in [0, 0.05) is 32.0 Å². The van der Waals surface area contributed by atoms with Crippen LogP contribution in [-0.2, 0) is 6.54 Å². The molecule has 4 rings (SSSR count). The highest BCUT2D eigenvalue weighted by molar-refractivity contribution is 5.21. The van der Waals surface area contributed by atoms with Crippen LogP contribution in [0.3, 0.4) is 0 Å². The van der Waals surface area contributed by atoms with E-state index in [1.54, 1.807) is 0 Å². The lowest BCUT2D eigenvalue weighted by atomic mass is 9.68. The smallest absolute Gasteiger partial charge is 0.0312 e. The number of rotatable bonds is 4. The second kappa shape index (κ2) is 7.89. The molecule has 0 aliphatic carbocycles. The molecule has 0 unspecified atom stereocenters. The predicted octanol–water partition coefficient (Wildman–Crippen LogP) is 4.17. The van der Waals surface area contributed by atoms with Gasteiger partial charge in [0.05, 0.1) is 0 Å². The van der Waals surface area contributed by atoms with E-state index in [0.29, 0.717) is 11.3 Å². The van der Waals surface area contributed by atoms with Crippen LogP contribution in [0.5, 0.6) is 0 Å². The Morgan fingerprint density at radius 3 is 2.54 bits per heavy atom. The Balaban J connectivity index is 1.43. The Bertz CT molecular complexity index is 677. The molecule has 0 saturated carbocycles. The van der Waals surface area contributed by atoms with Crippen LogP contribution < -0.4 is 0 Å². The van der Waals surface area contributed by atoms with E-state index in [1.807, 2.05) is 18.5 Å². The third-order valence-corrected chi connectivity index (χ3v) is 6.48. The summed E-state index contributed by atoms with van der Waals surface area (Å²) in [6, 6.07) is 15.4. The van der Waals surface area contributed by atoms with E-state index in [1.165, 1.54) is 63.1 Å². The van der Waals surface area contributed by atoms with E-state index in [-0.39, 0.29) is 0 Å². The van der Waals surface area contributed by atoms with Gasteiger partial charge in [-0.25, -0.2) is 0 Å². The lowest BCUT2D eigenvalue weighted by molar-refractivity contribution is 0.0137. The highest BCUT2D eigenvalue weighted by Gasteiger charge is 2.41. The lowest BCUT2D eigenvalue weighted by Gasteiger charge is -2.50. The van der Waals surface area contributed by atoms with Crippen LogP contribution in [0.15, 0.2) is 54.9 Å². The molecule has 3 nitrogen and oxygen atoms in total. The van der Waals surface area contributed by atoms with Crippen molar-refractivity contribution in [3.8, 4) is 0 Å². The molecule has 2 saturated heterocycles. The Morgan fingerprint density at radius 2 is 1.85 bits per heavy atom. The van der Waals surface area contributed by atoms with Crippen LogP contribution in [0.1, 0.15) is 43.2 Å². The summed E-state index contributed by atoms with van der Waals surface area (Å²) in [7, 11) is 0. The summed E-state index contributed by atoms with van der Waals surface area (Å²) >= 11 is 0. The largest absolute Gasteiger partial charge is 0.302 e. The topological polar surface area (TPSA) is 19.4 Å². The molecule has 0 amide bonds. The van der Waals surface area contributed by atoms with Crippen molar-refractivity contribution < 1.29 is 0 Å². The first-order valence-electron chi connectivity index (χ1n) is 10.1. The predicted molar refractivity (Wildman–Crippen MR) is 107 cm³/mol. The summed E-state index contributed by atoms with van der Waals surface area (Å²) < 4.78 is 0. The van der Waals surface area contributed by atoms with Crippen LogP contribution in [0.25, 0.3) is 0 Å². The Kier molecular flexibility index (Phi) is 5.37. The molecule has 26 heavy (non-hydrogen) atoms. The fourth-order valence-corrected chi connectivity index (χ4v) is 4.99. The minimum Gasteiger partial charge on any atom is -0.302 e. The van der Waals surface area contributed by atoms with Gasteiger partial charge in [-0.05, 0) is 67.4 Å². The van der Waals surface area contributed by atoms with Crippen molar-refractivity contribution in [2.75, 3.05) is 32.7 Å². The quantitative estimate of drug-likeness (QED) is 0.826. The maximum absolute atomic E-state index is 4.26. The van der Waals surface area contributed by atoms with E-state index >= 15 is 0 Å². The zero-order valence-electron chi connectivity index (χ0n) is 16.0. The third-order valence-electron chi connectivity index (χ3n) is 6.48. The molecule has 1 aromatic carbocycles. The monoisotopic (exact) mass is 349 g/mol. The number of benzene rings is 1. The van der Waals surface area contributed by atoms with Crippen molar-refractivity contribution in [1.82, 2.24) is 14.8 Å². The van der Waals surface area contributed by atoms with E-state index < -0.39 is 0 Å². The van der Waals surface area contributed by atoms with Gasteiger partial charge in [0.1, 0.15) is 0 Å². The maximum Gasteiger partial charge on any atom is 0.0312 e. The normalized spacial score (nSPS) is 24.0. The van der Waals surface area contributed by atoms with Crippen LogP contribution >= 0.6 is 0 Å². The van der Waals surface area contributed by atoms with Gasteiger partial charge in [0.15, 0.2) is 0 Å². The fraction of sp³-hybridized carbons (Fsp3) is 0.522. The number of hydrogen-bond donors (Lipinski definition) is 0.